The molecule has 0 aliphatic heterocycles. The number of ketones is 1. The van der Waals surface area contributed by atoms with E-state index in [1.807, 2.05) is 80.6 Å². The van der Waals surface area contributed by atoms with Gasteiger partial charge < -0.3 is 4.57 Å². The van der Waals surface area contributed by atoms with Crippen molar-refractivity contribution in [3.8, 4) is 5.69 Å². The van der Waals surface area contributed by atoms with Crippen molar-refractivity contribution in [2.24, 2.45) is 0 Å². The zero-order chi connectivity index (χ0) is 25.6. The summed E-state index contributed by atoms with van der Waals surface area (Å²) in [6, 6.07) is 15.4. The van der Waals surface area contributed by atoms with Crippen LogP contribution in [0.25, 0.3) is 22.4 Å². The van der Waals surface area contributed by atoms with Crippen LogP contribution in [0, 0.1) is 27.7 Å². The Morgan fingerprint density at radius 1 is 0.972 bits per heavy atom. The minimum absolute atomic E-state index is 0.0552. The maximum Gasteiger partial charge on any atom is 0.267 e. The fourth-order valence-electron chi connectivity index (χ4n) is 4.99. The second kappa shape index (κ2) is 9.43. The molecule has 8 heteroatoms. The van der Waals surface area contributed by atoms with E-state index in [4.69, 9.17) is 0 Å². The van der Waals surface area contributed by atoms with E-state index in [1.54, 1.807) is 4.57 Å². The van der Waals surface area contributed by atoms with Gasteiger partial charge >= 0.3 is 0 Å². The van der Waals surface area contributed by atoms with E-state index in [0.717, 1.165) is 52.2 Å². The van der Waals surface area contributed by atoms with E-state index >= 15 is 0 Å². The molecular weight excluding hydrogens is 470 g/mol. The minimum Gasteiger partial charge on any atom is -0.348 e. The van der Waals surface area contributed by atoms with Gasteiger partial charge in [-0.3, -0.25) is 14.0 Å². The van der Waals surface area contributed by atoms with Gasteiger partial charge in [0.2, 0.25) is 5.78 Å². The van der Waals surface area contributed by atoms with Gasteiger partial charge in [0.15, 0.2) is 10.9 Å². The Kier molecular flexibility index (Phi) is 6.30. The molecule has 0 amide bonds. The molecule has 5 aromatic rings. The molecule has 2 aromatic carbocycles. The number of carbonyl (C=O) groups excluding carboxylic acids is 1. The van der Waals surface area contributed by atoms with Crippen LogP contribution < -0.4 is 5.56 Å². The van der Waals surface area contributed by atoms with E-state index in [-0.39, 0.29) is 17.1 Å². The monoisotopic (exact) mass is 499 g/mol. The maximum absolute atomic E-state index is 13.7. The van der Waals surface area contributed by atoms with E-state index in [9.17, 15) is 9.59 Å². The molecule has 0 radical (unpaired) electrons. The lowest BCUT2D eigenvalue weighted by Crippen LogP contribution is -2.23. The minimum atomic E-state index is -0.140. The molecule has 36 heavy (non-hydrogen) atoms. The summed E-state index contributed by atoms with van der Waals surface area (Å²) >= 11 is 1.34. The van der Waals surface area contributed by atoms with Crippen molar-refractivity contribution >= 4 is 34.2 Å². The number of aryl methyl sites for hydroxylation is 3. The molecule has 0 saturated carbocycles. The number of para-hydroxylation sites is 2. The molecule has 0 bridgehead atoms. The highest BCUT2D eigenvalue weighted by Crippen LogP contribution is 2.27. The predicted octanol–water partition coefficient (Wildman–Crippen LogP) is 5.45. The normalized spacial score (nSPS) is 11.6. The number of hydrogen-bond acceptors (Lipinski definition) is 5. The lowest BCUT2D eigenvalue weighted by atomic mass is 10.1. The SMILES string of the molecule is CCCn1c(C)cc(C(=O)CSc2nnc3n(-c4c(C)cccc4C)c(=O)c4ccccc4n23)c1C. The van der Waals surface area contributed by atoms with Crippen molar-refractivity contribution in [3.05, 3.63) is 87.0 Å². The number of nitrogens with zero attached hydrogens (tertiary/aromatic N) is 5. The predicted molar refractivity (Wildman–Crippen MR) is 145 cm³/mol. The van der Waals surface area contributed by atoms with Gasteiger partial charge in [-0.2, -0.15) is 0 Å². The number of Topliss-reactive ketones (excluding diaryl/α,β-unsaturated/α-hetero) is 1. The molecule has 3 heterocycles. The highest BCUT2D eigenvalue weighted by Gasteiger charge is 2.21. The topological polar surface area (TPSA) is 74.2 Å². The summed E-state index contributed by atoms with van der Waals surface area (Å²) < 4.78 is 5.73. The van der Waals surface area contributed by atoms with Crippen LogP contribution in [-0.4, -0.2) is 35.3 Å². The van der Waals surface area contributed by atoms with Gasteiger partial charge in [0.25, 0.3) is 5.56 Å². The molecule has 0 saturated heterocycles. The number of benzene rings is 2. The Labute approximate surface area is 213 Å². The first-order valence-electron chi connectivity index (χ1n) is 12.1. The van der Waals surface area contributed by atoms with Gasteiger partial charge in [-0.1, -0.05) is 49.0 Å². The molecule has 7 nitrogen and oxygen atoms in total. The summed E-state index contributed by atoms with van der Waals surface area (Å²) in [5, 5.41) is 10.0. The quantitative estimate of drug-likeness (QED) is 0.220. The molecule has 184 valence electrons. The number of hydrogen-bond donors (Lipinski definition) is 0. The van der Waals surface area contributed by atoms with Gasteiger partial charge in [0.1, 0.15) is 0 Å². The molecule has 0 unspecified atom stereocenters. The molecule has 0 fully saturated rings. The first-order valence-corrected chi connectivity index (χ1v) is 13.1. The van der Waals surface area contributed by atoms with E-state index in [1.165, 1.54) is 11.8 Å². The number of carbonyl (C=O) groups is 1. The summed E-state index contributed by atoms with van der Waals surface area (Å²) in [4.78, 5) is 26.9. The summed E-state index contributed by atoms with van der Waals surface area (Å²) in [6.07, 6.45) is 1.01. The van der Waals surface area contributed by atoms with Crippen molar-refractivity contribution in [2.75, 3.05) is 5.75 Å². The molecule has 0 spiro atoms. The third kappa shape index (κ3) is 3.86. The van der Waals surface area contributed by atoms with Gasteiger partial charge in [0.05, 0.1) is 22.3 Å². The third-order valence-corrected chi connectivity index (χ3v) is 7.64. The van der Waals surface area contributed by atoms with Crippen LogP contribution in [0.15, 0.2) is 58.5 Å². The van der Waals surface area contributed by atoms with Crippen molar-refractivity contribution in [1.29, 1.82) is 0 Å². The van der Waals surface area contributed by atoms with Gasteiger partial charge in [-0.15, -0.1) is 10.2 Å². The molecule has 0 N–H and O–H groups in total. The van der Waals surface area contributed by atoms with Crippen molar-refractivity contribution in [1.82, 2.24) is 23.7 Å². The zero-order valence-electron chi connectivity index (χ0n) is 21.2. The van der Waals surface area contributed by atoms with Crippen LogP contribution in [-0.2, 0) is 6.54 Å². The number of thioether (sulfide) groups is 1. The second-order valence-corrected chi connectivity index (χ2v) is 10.1. The highest BCUT2D eigenvalue weighted by molar-refractivity contribution is 7.99. The summed E-state index contributed by atoms with van der Waals surface area (Å²) in [5.41, 5.74) is 6.19. The fraction of sp³-hybridized carbons (Fsp3) is 0.286. The maximum atomic E-state index is 13.7. The number of fused-ring (bicyclic) bond motifs is 3. The Morgan fingerprint density at radius 2 is 1.69 bits per heavy atom. The Morgan fingerprint density at radius 3 is 2.42 bits per heavy atom. The number of rotatable bonds is 7. The Bertz CT molecular complexity index is 1670. The highest BCUT2D eigenvalue weighted by atomic mass is 32.2. The molecule has 0 aliphatic rings. The molecule has 3 aromatic heterocycles. The molecule has 0 aliphatic carbocycles. The second-order valence-electron chi connectivity index (χ2n) is 9.16. The average Bonchev–Trinajstić information content (AvgIpc) is 3.41. The first kappa shape index (κ1) is 24.1. The standard InChI is InChI=1S/C28H29N5O2S/c1-6-14-31-19(4)15-22(20(31)5)24(34)16-36-28-30-29-27-32(28)23-13-8-7-12-21(23)26(35)33(27)25-17(2)10-9-11-18(25)3/h7-13,15H,6,14,16H2,1-5H3. The van der Waals surface area contributed by atoms with Crippen LogP contribution in [0.5, 0.6) is 0 Å². The smallest absolute Gasteiger partial charge is 0.267 e. The van der Waals surface area contributed by atoms with Crippen molar-refractivity contribution < 1.29 is 4.79 Å². The van der Waals surface area contributed by atoms with Crippen LogP contribution >= 0.6 is 11.8 Å². The van der Waals surface area contributed by atoms with Gasteiger partial charge in [-0.25, -0.2) is 4.57 Å². The average molecular weight is 500 g/mol. The van der Waals surface area contributed by atoms with E-state index in [2.05, 4.69) is 21.7 Å². The molecule has 0 atom stereocenters. The van der Waals surface area contributed by atoms with E-state index in [0.29, 0.717) is 16.3 Å². The Hall–Kier alpha value is -3.65. The lowest BCUT2D eigenvalue weighted by Gasteiger charge is -2.15. The summed E-state index contributed by atoms with van der Waals surface area (Å²) in [6.45, 7) is 11.0. The summed E-state index contributed by atoms with van der Waals surface area (Å²) in [5.74, 6) is 0.723. The van der Waals surface area contributed by atoms with Crippen LogP contribution in [0.3, 0.4) is 0 Å². The largest absolute Gasteiger partial charge is 0.348 e. The fourth-order valence-corrected chi connectivity index (χ4v) is 5.81. The van der Waals surface area contributed by atoms with E-state index < -0.39 is 0 Å². The van der Waals surface area contributed by atoms with Crippen LogP contribution in [0.4, 0.5) is 0 Å². The van der Waals surface area contributed by atoms with Crippen LogP contribution in [0.2, 0.25) is 0 Å². The number of aromatic nitrogens is 5. The van der Waals surface area contributed by atoms with Crippen molar-refractivity contribution in [3.63, 3.8) is 0 Å². The molecule has 5 rings (SSSR count). The van der Waals surface area contributed by atoms with Crippen LogP contribution in [0.1, 0.15) is 46.2 Å². The van der Waals surface area contributed by atoms with Gasteiger partial charge in [-0.05, 0) is 63.4 Å². The lowest BCUT2D eigenvalue weighted by molar-refractivity contribution is 0.102. The third-order valence-electron chi connectivity index (χ3n) is 6.71. The molecular formula is C28H29N5O2S. The first-order chi connectivity index (χ1) is 17.3. The summed E-state index contributed by atoms with van der Waals surface area (Å²) in [7, 11) is 0. The zero-order valence-corrected chi connectivity index (χ0v) is 22.0. The van der Waals surface area contributed by atoms with Gasteiger partial charge in [0, 0.05) is 23.5 Å². The van der Waals surface area contributed by atoms with Crippen molar-refractivity contribution in [2.45, 2.75) is 52.7 Å². The Balaban J connectivity index is 1.62.